The molecule has 1 saturated heterocycles. The number of benzene rings is 1. The number of rotatable bonds is 11. The van der Waals surface area contributed by atoms with Gasteiger partial charge >= 0.3 is 0 Å². The number of likely N-dealkylation sites (tertiary alicyclic amines) is 1. The van der Waals surface area contributed by atoms with Gasteiger partial charge in [0.2, 0.25) is 5.91 Å². The fourth-order valence-corrected chi connectivity index (χ4v) is 7.25. The Morgan fingerprint density at radius 1 is 1.30 bits per heavy atom. The lowest BCUT2D eigenvalue weighted by Crippen LogP contribution is -2.48. The number of hydrogen-bond acceptors (Lipinski definition) is 8. The molecule has 2 aromatic rings. The molecule has 1 atom stereocenters. The van der Waals surface area contributed by atoms with Gasteiger partial charge in [-0.15, -0.1) is 0 Å². The zero-order valence-corrected chi connectivity index (χ0v) is 23.2. The molecule has 8 nitrogen and oxygen atoms in total. The van der Waals surface area contributed by atoms with Crippen molar-refractivity contribution in [2.45, 2.75) is 62.7 Å². The number of aliphatic hydroxyl groups is 1. The molecule has 2 aliphatic rings. The minimum Gasteiger partial charge on any atom is -0.497 e. The van der Waals surface area contributed by atoms with Gasteiger partial charge in [-0.3, -0.25) is 15.0 Å². The van der Waals surface area contributed by atoms with Crippen LogP contribution in [-0.4, -0.2) is 77.9 Å². The minimum atomic E-state index is -0.792. The van der Waals surface area contributed by atoms with Crippen LogP contribution in [0.2, 0.25) is 0 Å². The second-order valence-electron chi connectivity index (χ2n) is 10.7. The van der Waals surface area contributed by atoms with Crippen molar-refractivity contribution in [3.63, 3.8) is 0 Å². The Labute approximate surface area is 224 Å². The average Bonchev–Trinajstić information content (AvgIpc) is 3.44. The molecular weight excluding hydrogens is 488 g/mol. The standard InChI is InChI=1S/C28H42N4O4S/c1-31(2)24-19-29-23-9-8-20(36-3)18-22(23)26(24)25(33)10-11-28(27(34)30-35)12-14-32(15-13-28)16-17-37-21-6-4-5-7-21/h8-9,18-19,21,25,33,35H,4-7,10-17H2,1-3H3,(H,30,34)/t25-/m1/s1. The second kappa shape index (κ2) is 12.7. The number of methoxy groups -OCH3 is 1. The highest BCUT2D eigenvalue weighted by Gasteiger charge is 2.41. The molecule has 0 unspecified atom stereocenters. The monoisotopic (exact) mass is 530 g/mol. The number of thioether (sulfide) groups is 1. The summed E-state index contributed by atoms with van der Waals surface area (Å²) in [6, 6.07) is 5.67. The van der Waals surface area contributed by atoms with E-state index in [-0.39, 0.29) is 5.91 Å². The molecule has 1 saturated carbocycles. The van der Waals surface area contributed by atoms with Crippen LogP contribution >= 0.6 is 11.8 Å². The lowest BCUT2D eigenvalue weighted by atomic mass is 9.73. The third kappa shape index (κ3) is 6.50. The van der Waals surface area contributed by atoms with Crippen LogP contribution in [0.5, 0.6) is 5.75 Å². The quantitative estimate of drug-likeness (QED) is 0.291. The normalized spacial score (nSPS) is 19.2. The molecule has 0 radical (unpaired) electrons. The third-order valence-electron chi connectivity index (χ3n) is 8.27. The fourth-order valence-electron chi connectivity index (χ4n) is 5.89. The number of aliphatic hydroxyl groups excluding tert-OH is 1. The minimum absolute atomic E-state index is 0.339. The van der Waals surface area contributed by atoms with Crippen LogP contribution in [0.3, 0.4) is 0 Å². The molecule has 3 N–H and O–H groups in total. The number of hydroxylamine groups is 1. The van der Waals surface area contributed by atoms with Gasteiger partial charge in [-0.25, -0.2) is 5.48 Å². The SMILES string of the molecule is COc1ccc2ncc(N(C)C)c([C@H](O)CCC3(C(=O)NO)CCN(CCSC4CCCC4)CC3)c2c1. The lowest BCUT2D eigenvalue weighted by Gasteiger charge is -2.40. The van der Waals surface area contributed by atoms with Crippen molar-refractivity contribution in [1.82, 2.24) is 15.4 Å². The number of hydrogen-bond donors (Lipinski definition) is 3. The molecule has 1 aliphatic heterocycles. The van der Waals surface area contributed by atoms with Crippen molar-refractivity contribution in [1.29, 1.82) is 0 Å². The number of pyridine rings is 1. The van der Waals surface area contributed by atoms with Crippen molar-refractivity contribution in [2.75, 3.05) is 51.5 Å². The van der Waals surface area contributed by atoms with E-state index in [1.807, 2.05) is 42.7 Å². The number of carbonyl (C=O) groups excluding carboxylic acids is 1. The Morgan fingerprint density at radius 2 is 2.03 bits per heavy atom. The Morgan fingerprint density at radius 3 is 2.68 bits per heavy atom. The summed E-state index contributed by atoms with van der Waals surface area (Å²) >= 11 is 2.10. The molecule has 1 aromatic heterocycles. The first kappa shape index (κ1) is 28.0. The summed E-state index contributed by atoms with van der Waals surface area (Å²) in [5, 5.41) is 22.7. The maximum absolute atomic E-state index is 12.9. The van der Waals surface area contributed by atoms with E-state index in [1.165, 1.54) is 25.7 Å². The molecule has 4 rings (SSSR count). The van der Waals surface area contributed by atoms with E-state index in [0.717, 1.165) is 52.8 Å². The number of ether oxygens (including phenoxy) is 1. The zero-order valence-electron chi connectivity index (χ0n) is 22.4. The summed E-state index contributed by atoms with van der Waals surface area (Å²) in [7, 11) is 5.48. The Kier molecular flexibility index (Phi) is 9.56. The van der Waals surface area contributed by atoms with Crippen LogP contribution in [-0.2, 0) is 4.79 Å². The molecule has 9 heteroatoms. The number of aromatic nitrogens is 1. The van der Waals surface area contributed by atoms with Gasteiger partial charge in [0, 0.05) is 42.6 Å². The maximum Gasteiger partial charge on any atom is 0.249 e. The topological polar surface area (TPSA) is 98.2 Å². The van der Waals surface area contributed by atoms with Gasteiger partial charge in [-0.05, 0) is 69.8 Å². The van der Waals surface area contributed by atoms with Gasteiger partial charge in [0.15, 0.2) is 0 Å². The van der Waals surface area contributed by atoms with E-state index in [4.69, 9.17) is 4.74 Å². The van der Waals surface area contributed by atoms with E-state index in [1.54, 1.807) is 13.3 Å². The molecular formula is C28H42N4O4S. The molecule has 0 spiro atoms. The Bertz CT molecular complexity index is 1050. The van der Waals surface area contributed by atoms with Crippen LogP contribution in [0.4, 0.5) is 5.69 Å². The third-order valence-corrected chi connectivity index (χ3v) is 9.63. The lowest BCUT2D eigenvalue weighted by molar-refractivity contribution is -0.143. The largest absolute Gasteiger partial charge is 0.497 e. The van der Waals surface area contributed by atoms with Crippen LogP contribution in [0.25, 0.3) is 10.9 Å². The number of nitrogens with one attached hydrogen (secondary N) is 1. The number of piperidine rings is 1. The van der Waals surface area contributed by atoms with Gasteiger partial charge < -0.3 is 19.6 Å². The summed E-state index contributed by atoms with van der Waals surface area (Å²) in [5.41, 5.74) is 3.65. The summed E-state index contributed by atoms with van der Waals surface area (Å²) in [6.07, 6.45) is 8.66. The molecule has 1 aliphatic carbocycles. The summed E-state index contributed by atoms with van der Waals surface area (Å²) in [4.78, 5) is 21.9. The van der Waals surface area contributed by atoms with Crippen LogP contribution in [0.15, 0.2) is 24.4 Å². The molecule has 204 valence electrons. The Hall–Kier alpha value is -2.07. The zero-order chi connectivity index (χ0) is 26.4. The first-order valence-corrected chi connectivity index (χ1v) is 14.5. The van der Waals surface area contributed by atoms with E-state index in [9.17, 15) is 15.1 Å². The first-order chi connectivity index (χ1) is 17.9. The van der Waals surface area contributed by atoms with Gasteiger partial charge in [0.05, 0.1) is 36.0 Å². The predicted octanol–water partition coefficient (Wildman–Crippen LogP) is 4.39. The van der Waals surface area contributed by atoms with E-state index in [0.29, 0.717) is 31.4 Å². The number of nitrogens with zero attached hydrogens (tertiary/aromatic N) is 3. The molecule has 37 heavy (non-hydrogen) atoms. The molecule has 2 heterocycles. The summed E-state index contributed by atoms with van der Waals surface area (Å²) in [6.45, 7) is 2.69. The molecule has 1 aromatic carbocycles. The Balaban J connectivity index is 1.45. The van der Waals surface area contributed by atoms with Gasteiger partial charge in [0.1, 0.15) is 5.75 Å². The predicted molar refractivity (Wildman–Crippen MR) is 150 cm³/mol. The van der Waals surface area contributed by atoms with Crippen molar-refractivity contribution in [3.8, 4) is 5.75 Å². The maximum atomic E-state index is 12.9. The molecule has 0 bridgehead atoms. The highest BCUT2D eigenvalue weighted by atomic mass is 32.2. The van der Waals surface area contributed by atoms with E-state index < -0.39 is 11.5 Å². The number of amides is 1. The van der Waals surface area contributed by atoms with Crippen LogP contribution < -0.4 is 15.1 Å². The average molecular weight is 531 g/mol. The van der Waals surface area contributed by atoms with Gasteiger partial charge in [0.25, 0.3) is 0 Å². The fraction of sp³-hybridized carbons (Fsp3) is 0.643. The molecule has 1 amide bonds. The summed E-state index contributed by atoms with van der Waals surface area (Å²) in [5.74, 6) is 1.50. The highest BCUT2D eigenvalue weighted by Crippen LogP contribution is 2.41. The van der Waals surface area contributed by atoms with Crippen molar-refractivity contribution < 1.29 is 19.8 Å². The van der Waals surface area contributed by atoms with E-state index >= 15 is 0 Å². The van der Waals surface area contributed by atoms with Crippen molar-refractivity contribution in [2.24, 2.45) is 5.41 Å². The van der Waals surface area contributed by atoms with Crippen molar-refractivity contribution in [3.05, 3.63) is 30.0 Å². The number of fused-ring (bicyclic) bond motifs is 1. The van der Waals surface area contributed by atoms with Crippen LogP contribution in [0.1, 0.15) is 63.0 Å². The highest BCUT2D eigenvalue weighted by molar-refractivity contribution is 7.99. The van der Waals surface area contributed by atoms with E-state index in [2.05, 4.69) is 21.6 Å². The second-order valence-corrected chi connectivity index (χ2v) is 12.1. The van der Waals surface area contributed by atoms with Gasteiger partial charge in [-0.2, -0.15) is 11.8 Å². The number of carbonyl (C=O) groups is 1. The van der Waals surface area contributed by atoms with Crippen molar-refractivity contribution >= 4 is 34.3 Å². The smallest absolute Gasteiger partial charge is 0.249 e. The summed E-state index contributed by atoms with van der Waals surface area (Å²) < 4.78 is 5.43. The van der Waals surface area contributed by atoms with Crippen LogP contribution in [0, 0.1) is 5.41 Å². The van der Waals surface area contributed by atoms with Gasteiger partial charge in [-0.1, -0.05) is 12.8 Å². The molecule has 2 fully saturated rings. The first-order valence-electron chi connectivity index (χ1n) is 13.5. The number of anilines is 1.